The number of halogens is 1. The van der Waals surface area contributed by atoms with E-state index in [4.69, 9.17) is 0 Å². The van der Waals surface area contributed by atoms with Gasteiger partial charge in [-0.15, -0.1) is 0 Å². The normalized spacial score (nSPS) is 13.3. The Kier molecular flexibility index (Phi) is 9.72. The summed E-state index contributed by atoms with van der Waals surface area (Å²) in [5.74, 6) is 0. The van der Waals surface area contributed by atoms with Crippen LogP contribution in [0.2, 0.25) is 19.6 Å². The maximum Gasteiger partial charge on any atom is 0.241 e. The van der Waals surface area contributed by atoms with Crippen LogP contribution in [0.1, 0.15) is 41.5 Å². The molecule has 0 amide bonds. The van der Waals surface area contributed by atoms with Gasteiger partial charge in [-0.2, -0.15) is 0 Å². The molecule has 2 aromatic rings. The third-order valence-electron chi connectivity index (χ3n) is 4.04. The van der Waals surface area contributed by atoms with Crippen molar-refractivity contribution in [2.24, 2.45) is 0 Å². The van der Waals surface area contributed by atoms with E-state index >= 15 is 0 Å². The zero-order chi connectivity index (χ0) is 25.9. The van der Waals surface area contributed by atoms with Crippen molar-refractivity contribution >= 4 is 49.2 Å². The van der Waals surface area contributed by atoms with Crippen LogP contribution in [0, 0.1) is 0 Å². The molecule has 0 aliphatic rings. The molecule has 0 heterocycles. The predicted octanol–water partition coefficient (Wildman–Crippen LogP) is 4.83. The molecule has 2 N–H and O–H groups in total. The molecule has 0 atom stereocenters. The lowest BCUT2D eigenvalue weighted by Gasteiger charge is -2.21. The van der Waals surface area contributed by atoms with E-state index in [0.717, 1.165) is 4.47 Å². The molecule has 0 aliphatic carbocycles. The van der Waals surface area contributed by atoms with Crippen LogP contribution in [-0.2, 0) is 20.0 Å². The number of nitrogens with one attached hydrogen (secondary N) is 2. The fourth-order valence-electron chi connectivity index (χ4n) is 2.67. The number of hydrogen-bond donors (Lipinski definition) is 2. The number of hydrogen-bond acceptors (Lipinski definition) is 4. The van der Waals surface area contributed by atoms with Gasteiger partial charge in [0.25, 0.3) is 0 Å². The fraction of sp³-hybridized carbons (Fsp3) is 0.478. The van der Waals surface area contributed by atoms with E-state index in [-0.39, 0.29) is 4.90 Å². The second kappa shape index (κ2) is 10.7. The van der Waals surface area contributed by atoms with Crippen LogP contribution in [0.4, 0.5) is 0 Å². The molecular formula is C23H37BrN2O4S2Si. The Morgan fingerprint density at radius 3 is 1.21 bits per heavy atom. The van der Waals surface area contributed by atoms with Crippen molar-refractivity contribution < 1.29 is 16.8 Å². The van der Waals surface area contributed by atoms with Crippen LogP contribution in [0.15, 0.2) is 62.8 Å². The van der Waals surface area contributed by atoms with Crippen molar-refractivity contribution in [1.29, 1.82) is 0 Å². The van der Waals surface area contributed by atoms with Gasteiger partial charge in [0.05, 0.1) is 17.9 Å². The maximum atomic E-state index is 12.1. The molecule has 2 rings (SSSR count). The lowest BCUT2D eigenvalue weighted by molar-refractivity contribution is 0.490. The Bertz CT molecular complexity index is 1130. The molecule has 10 heteroatoms. The summed E-state index contributed by atoms with van der Waals surface area (Å²) >= 11 is 3.26. The summed E-state index contributed by atoms with van der Waals surface area (Å²) in [5, 5.41) is 1.26. The molecule has 33 heavy (non-hydrogen) atoms. The van der Waals surface area contributed by atoms with Gasteiger partial charge in [0, 0.05) is 15.6 Å². The van der Waals surface area contributed by atoms with Crippen LogP contribution in [0.25, 0.3) is 0 Å². The lowest BCUT2D eigenvalue weighted by atomic mass is 10.1. The van der Waals surface area contributed by atoms with E-state index in [1.165, 1.54) is 5.19 Å². The first-order valence-corrected chi connectivity index (χ1v) is 17.8. The molecule has 0 spiro atoms. The van der Waals surface area contributed by atoms with Gasteiger partial charge in [-0.1, -0.05) is 52.9 Å². The predicted molar refractivity (Wildman–Crippen MR) is 144 cm³/mol. The summed E-state index contributed by atoms with van der Waals surface area (Å²) < 4.78 is 54.0. The van der Waals surface area contributed by atoms with E-state index in [0.29, 0.717) is 4.90 Å². The second-order valence-corrected chi connectivity index (χ2v) is 20.3. The number of sulfonamides is 2. The van der Waals surface area contributed by atoms with Gasteiger partial charge in [0.2, 0.25) is 20.0 Å². The summed E-state index contributed by atoms with van der Waals surface area (Å²) in [4.78, 5) is 0.611. The van der Waals surface area contributed by atoms with Crippen molar-refractivity contribution in [2.45, 2.75) is 82.1 Å². The Balaban J connectivity index is 0.000000335. The van der Waals surface area contributed by atoms with Gasteiger partial charge in [0.15, 0.2) is 0 Å². The minimum atomic E-state index is -3.41. The van der Waals surface area contributed by atoms with E-state index in [1.807, 2.05) is 53.7 Å². The number of benzene rings is 2. The summed E-state index contributed by atoms with van der Waals surface area (Å²) in [6.45, 7) is 17.6. The van der Waals surface area contributed by atoms with Gasteiger partial charge in [-0.05, 0) is 77.9 Å². The quantitative estimate of drug-likeness (QED) is 0.498. The minimum Gasteiger partial charge on any atom is -0.207 e. The van der Waals surface area contributed by atoms with Crippen molar-refractivity contribution in [1.82, 2.24) is 9.44 Å². The van der Waals surface area contributed by atoms with Crippen molar-refractivity contribution in [2.75, 3.05) is 0 Å². The highest BCUT2D eigenvalue weighted by molar-refractivity contribution is 9.10. The van der Waals surface area contributed by atoms with E-state index in [9.17, 15) is 16.8 Å². The SMILES string of the molecule is CC(C)(C)NS(=O)(=O)c1ccc(Br)cc1.CC(C)(C)NS(=O)(=O)c1ccc([Si](C)(C)C)cc1. The molecule has 0 saturated heterocycles. The van der Waals surface area contributed by atoms with E-state index in [1.54, 1.807) is 36.4 Å². The zero-order valence-electron chi connectivity index (χ0n) is 20.9. The first kappa shape index (κ1) is 30.0. The molecule has 2 aromatic carbocycles. The van der Waals surface area contributed by atoms with Crippen molar-refractivity contribution in [3.05, 3.63) is 53.0 Å². The Labute approximate surface area is 209 Å². The standard InChI is InChI=1S/C13H23NO2SSi.C10H14BrNO2S/c1-13(2,3)14-17(15,16)11-7-9-12(10-8-11)18(4,5)6;1-10(2,3)12-15(13,14)9-6-4-8(11)5-7-9/h7-10,14H,1-6H3;4-7,12H,1-3H3. The van der Waals surface area contributed by atoms with Gasteiger partial charge in [-0.25, -0.2) is 26.3 Å². The summed E-state index contributed by atoms with van der Waals surface area (Å²) in [5.41, 5.74) is -0.928. The van der Waals surface area contributed by atoms with Crippen molar-refractivity contribution in [3.63, 3.8) is 0 Å². The molecular weight excluding hydrogens is 540 g/mol. The molecule has 0 fully saturated rings. The first-order valence-electron chi connectivity index (χ1n) is 10.6. The van der Waals surface area contributed by atoms with Crippen LogP contribution in [0.3, 0.4) is 0 Å². The first-order chi connectivity index (χ1) is 14.6. The zero-order valence-corrected chi connectivity index (χ0v) is 25.2. The summed E-state index contributed by atoms with van der Waals surface area (Å²) in [7, 11) is -8.20. The third-order valence-corrected chi connectivity index (χ3v) is 10.2. The summed E-state index contributed by atoms with van der Waals surface area (Å²) in [6, 6.07) is 13.8. The Morgan fingerprint density at radius 1 is 0.636 bits per heavy atom. The Hall–Kier alpha value is -1.04. The van der Waals surface area contributed by atoms with E-state index < -0.39 is 39.2 Å². The van der Waals surface area contributed by atoms with Gasteiger partial charge in [-0.3, -0.25) is 0 Å². The molecule has 0 aromatic heterocycles. The highest BCUT2D eigenvalue weighted by Gasteiger charge is 2.23. The van der Waals surface area contributed by atoms with Crippen molar-refractivity contribution in [3.8, 4) is 0 Å². The van der Waals surface area contributed by atoms with Gasteiger partial charge in [0.1, 0.15) is 0 Å². The number of rotatable bonds is 5. The van der Waals surface area contributed by atoms with Gasteiger partial charge >= 0.3 is 0 Å². The van der Waals surface area contributed by atoms with Crippen LogP contribution < -0.4 is 14.6 Å². The Morgan fingerprint density at radius 2 is 0.939 bits per heavy atom. The summed E-state index contributed by atoms with van der Waals surface area (Å²) in [6.07, 6.45) is 0. The van der Waals surface area contributed by atoms with Crippen LogP contribution in [0.5, 0.6) is 0 Å². The molecule has 0 aliphatic heterocycles. The van der Waals surface area contributed by atoms with Crippen LogP contribution in [-0.4, -0.2) is 36.0 Å². The second-order valence-electron chi connectivity index (χ2n) is 10.9. The highest BCUT2D eigenvalue weighted by atomic mass is 79.9. The molecule has 186 valence electrons. The fourth-order valence-corrected chi connectivity index (χ4v) is 6.94. The minimum absolute atomic E-state index is 0.278. The molecule has 0 radical (unpaired) electrons. The third kappa shape index (κ3) is 10.8. The molecule has 0 bridgehead atoms. The average Bonchev–Trinajstić information content (AvgIpc) is 2.58. The van der Waals surface area contributed by atoms with E-state index in [2.05, 4.69) is 45.0 Å². The topological polar surface area (TPSA) is 92.3 Å². The monoisotopic (exact) mass is 576 g/mol. The maximum absolute atomic E-state index is 12.1. The average molecular weight is 578 g/mol. The highest BCUT2D eigenvalue weighted by Crippen LogP contribution is 2.16. The smallest absolute Gasteiger partial charge is 0.207 e. The molecule has 0 saturated carbocycles. The molecule has 6 nitrogen and oxygen atoms in total. The lowest BCUT2D eigenvalue weighted by Crippen LogP contribution is -2.41. The van der Waals surface area contributed by atoms with Gasteiger partial charge < -0.3 is 0 Å². The molecule has 0 unspecified atom stereocenters. The largest absolute Gasteiger partial charge is 0.241 e. The van der Waals surface area contributed by atoms with Crippen LogP contribution >= 0.6 is 15.9 Å².